The van der Waals surface area contributed by atoms with E-state index in [1.807, 2.05) is 0 Å². The number of nitrogens with one attached hydrogen (secondary N) is 2. The van der Waals surface area contributed by atoms with Gasteiger partial charge in [-0.3, -0.25) is 4.79 Å². The van der Waals surface area contributed by atoms with E-state index in [4.69, 9.17) is 5.11 Å². The Hall–Kier alpha value is -2.40. The number of hydrogen-bond donors (Lipinski definition) is 3. The number of aliphatic hydroxyl groups is 1. The molecule has 1 heterocycles. The highest BCUT2D eigenvalue weighted by atomic mass is 16.3. The number of carbonyl (C=O) groups is 1. The van der Waals surface area contributed by atoms with Crippen molar-refractivity contribution in [2.24, 2.45) is 0 Å². The van der Waals surface area contributed by atoms with Crippen LogP contribution < -0.4 is 10.6 Å². The number of aliphatic hydroxyl groups excluding tert-OH is 1. The lowest BCUT2D eigenvalue weighted by molar-refractivity contribution is 0.102. The van der Waals surface area contributed by atoms with Crippen LogP contribution in [-0.4, -0.2) is 23.0 Å². The molecule has 0 radical (unpaired) electrons. The molecule has 1 amide bonds. The molecule has 0 aliphatic carbocycles. The Morgan fingerprint density at radius 1 is 1.21 bits per heavy atom. The van der Waals surface area contributed by atoms with E-state index in [0.29, 0.717) is 17.2 Å². The molecule has 0 bridgehead atoms. The second kappa shape index (κ2) is 5.97. The zero-order valence-electron chi connectivity index (χ0n) is 10.6. The largest absolute Gasteiger partial charge is 0.392 e. The number of pyridine rings is 1. The van der Waals surface area contributed by atoms with E-state index in [1.165, 1.54) is 0 Å². The third-order valence-corrected chi connectivity index (χ3v) is 2.63. The summed E-state index contributed by atoms with van der Waals surface area (Å²) in [4.78, 5) is 16.1. The minimum absolute atomic E-state index is 0.0139. The van der Waals surface area contributed by atoms with Crippen LogP contribution in [-0.2, 0) is 6.61 Å². The summed E-state index contributed by atoms with van der Waals surface area (Å²) in [5.74, 6) is 0.372. The molecule has 2 rings (SSSR count). The molecule has 2 aromatic rings. The topological polar surface area (TPSA) is 74.2 Å². The van der Waals surface area contributed by atoms with E-state index in [0.717, 1.165) is 5.56 Å². The maximum atomic E-state index is 12.0. The van der Waals surface area contributed by atoms with Gasteiger partial charge in [0.25, 0.3) is 5.91 Å². The molecule has 3 N–H and O–H groups in total. The summed E-state index contributed by atoms with van der Waals surface area (Å²) in [7, 11) is 1.75. The molecular weight excluding hydrogens is 242 g/mol. The number of benzene rings is 1. The SMILES string of the molecule is CNc1cccc(C(=O)Nc2ccc(CO)cc2)n1. The van der Waals surface area contributed by atoms with Crippen LogP contribution in [0.4, 0.5) is 11.5 Å². The second-order valence-corrected chi connectivity index (χ2v) is 3.97. The van der Waals surface area contributed by atoms with Gasteiger partial charge in [0.05, 0.1) is 6.61 Å². The standard InChI is InChI=1S/C14H15N3O2/c1-15-13-4-2-3-12(17-13)14(19)16-11-7-5-10(9-18)6-8-11/h2-8,18H,9H2,1H3,(H,15,17)(H,16,19). The van der Waals surface area contributed by atoms with Gasteiger partial charge in [0, 0.05) is 12.7 Å². The first-order chi connectivity index (χ1) is 9.22. The summed E-state index contributed by atoms with van der Waals surface area (Å²) in [6.07, 6.45) is 0. The fourth-order valence-electron chi connectivity index (χ4n) is 1.59. The fourth-order valence-corrected chi connectivity index (χ4v) is 1.59. The average molecular weight is 257 g/mol. The third-order valence-electron chi connectivity index (χ3n) is 2.63. The molecule has 0 saturated carbocycles. The van der Waals surface area contributed by atoms with E-state index >= 15 is 0 Å². The van der Waals surface area contributed by atoms with Crippen LogP contribution in [0.25, 0.3) is 0 Å². The van der Waals surface area contributed by atoms with E-state index in [-0.39, 0.29) is 12.5 Å². The van der Waals surface area contributed by atoms with Crippen LogP contribution in [0.15, 0.2) is 42.5 Å². The van der Waals surface area contributed by atoms with Crippen LogP contribution in [0.2, 0.25) is 0 Å². The molecule has 5 heteroatoms. The minimum atomic E-state index is -0.270. The van der Waals surface area contributed by atoms with Gasteiger partial charge in [0.1, 0.15) is 11.5 Å². The Balaban J connectivity index is 2.11. The highest BCUT2D eigenvalue weighted by molar-refractivity contribution is 6.03. The number of rotatable bonds is 4. The van der Waals surface area contributed by atoms with Gasteiger partial charge in [0.15, 0.2) is 0 Å². The van der Waals surface area contributed by atoms with Gasteiger partial charge < -0.3 is 15.7 Å². The Bertz CT molecular complexity index is 567. The average Bonchev–Trinajstić information content (AvgIpc) is 2.48. The second-order valence-electron chi connectivity index (χ2n) is 3.97. The normalized spacial score (nSPS) is 10.0. The van der Waals surface area contributed by atoms with Gasteiger partial charge in [0.2, 0.25) is 0 Å². The van der Waals surface area contributed by atoms with E-state index in [1.54, 1.807) is 49.5 Å². The summed E-state index contributed by atoms with van der Waals surface area (Å²) >= 11 is 0. The molecule has 1 aromatic carbocycles. The third kappa shape index (κ3) is 3.29. The van der Waals surface area contributed by atoms with Crippen molar-refractivity contribution in [1.82, 2.24) is 4.98 Å². The first-order valence-electron chi connectivity index (χ1n) is 5.89. The molecule has 5 nitrogen and oxygen atoms in total. The van der Waals surface area contributed by atoms with Gasteiger partial charge in [-0.1, -0.05) is 18.2 Å². The Kier molecular flexibility index (Phi) is 4.10. The first kappa shape index (κ1) is 13.0. The van der Waals surface area contributed by atoms with Crippen LogP contribution in [0.3, 0.4) is 0 Å². The van der Waals surface area contributed by atoms with Gasteiger partial charge >= 0.3 is 0 Å². The number of nitrogens with zero attached hydrogens (tertiary/aromatic N) is 1. The number of aromatic nitrogens is 1. The Labute approximate surface area is 111 Å². The van der Waals surface area contributed by atoms with Crippen LogP contribution in [0, 0.1) is 0 Å². The molecule has 0 aliphatic heterocycles. The van der Waals surface area contributed by atoms with Gasteiger partial charge in [-0.25, -0.2) is 4.98 Å². The maximum Gasteiger partial charge on any atom is 0.274 e. The summed E-state index contributed by atoms with van der Waals surface area (Å²) < 4.78 is 0. The lowest BCUT2D eigenvalue weighted by Gasteiger charge is -2.06. The van der Waals surface area contributed by atoms with Gasteiger partial charge in [-0.05, 0) is 29.8 Å². The van der Waals surface area contributed by atoms with Crippen molar-refractivity contribution in [3.8, 4) is 0 Å². The fraction of sp³-hybridized carbons (Fsp3) is 0.143. The summed E-state index contributed by atoms with van der Waals surface area (Å²) in [5, 5.41) is 14.6. The number of amides is 1. The minimum Gasteiger partial charge on any atom is -0.392 e. The van der Waals surface area contributed by atoms with Crippen molar-refractivity contribution in [2.45, 2.75) is 6.61 Å². The van der Waals surface area contributed by atoms with Crippen molar-refractivity contribution in [3.63, 3.8) is 0 Å². The summed E-state index contributed by atoms with van der Waals surface area (Å²) in [6.45, 7) is -0.0139. The molecule has 0 unspecified atom stereocenters. The molecule has 0 spiro atoms. The quantitative estimate of drug-likeness (QED) is 0.781. The molecule has 0 atom stereocenters. The lowest BCUT2D eigenvalue weighted by Crippen LogP contribution is -2.14. The highest BCUT2D eigenvalue weighted by Gasteiger charge is 2.08. The van der Waals surface area contributed by atoms with Gasteiger partial charge in [-0.2, -0.15) is 0 Å². The molecule has 0 fully saturated rings. The lowest BCUT2D eigenvalue weighted by atomic mass is 10.2. The first-order valence-corrected chi connectivity index (χ1v) is 5.89. The predicted octanol–water partition coefficient (Wildman–Crippen LogP) is 1.87. The van der Waals surface area contributed by atoms with Crippen LogP contribution in [0.1, 0.15) is 16.1 Å². The molecule has 0 aliphatic rings. The monoisotopic (exact) mass is 257 g/mol. The zero-order chi connectivity index (χ0) is 13.7. The number of hydrogen-bond acceptors (Lipinski definition) is 4. The van der Waals surface area contributed by atoms with Crippen LogP contribution in [0.5, 0.6) is 0 Å². The molecule has 19 heavy (non-hydrogen) atoms. The smallest absolute Gasteiger partial charge is 0.274 e. The number of carbonyl (C=O) groups excluding carboxylic acids is 1. The van der Waals surface area contributed by atoms with Crippen molar-refractivity contribution >= 4 is 17.4 Å². The van der Waals surface area contributed by atoms with E-state index in [2.05, 4.69) is 15.6 Å². The molecule has 98 valence electrons. The van der Waals surface area contributed by atoms with Gasteiger partial charge in [-0.15, -0.1) is 0 Å². The van der Waals surface area contributed by atoms with Crippen LogP contribution >= 0.6 is 0 Å². The van der Waals surface area contributed by atoms with E-state index in [9.17, 15) is 4.79 Å². The highest BCUT2D eigenvalue weighted by Crippen LogP contribution is 2.11. The predicted molar refractivity (Wildman–Crippen MR) is 74.1 cm³/mol. The number of anilines is 2. The summed E-state index contributed by atoms with van der Waals surface area (Å²) in [5.41, 5.74) is 1.81. The van der Waals surface area contributed by atoms with Crippen molar-refractivity contribution < 1.29 is 9.90 Å². The van der Waals surface area contributed by atoms with Crippen molar-refractivity contribution in [2.75, 3.05) is 17.7 Å². The molecule has 0 saturated heterocycles. The maximum absolute atomic E-state index is 12.0. The van der Waals surface area contributed by atoms with Crippen molar-refractivity contribution in [3.05, 3.63) is 53.7 Å². The summed E-state index contributed by atoms with van der Waals surface area (Å²) in [6, 6.07) is 12.2. The van der Waals surface area contributed by atoms with Crippen molar-refractivity contribution in [1.29, 1.82) is 0 Å². The Morgan fingerprint density at radius 2 is 1.95 bits per heavy atom. The van der Waals surface area contributed by atoms with E-state index < -0.39 is 0 Å². The zero-order valence-corrected chi connectivity index (χ0v) is 10.6. The Morgan fingerprint density at radius 3 is 2.58 bits per heavy atom. The molecule has 1 aromatic heterocycles. The molecular formula is C14H15N3O2.